The predicted molar refractivity (Wildman–Crippen MR) is 118 cm³/mol. The third-order valence-corrected chi connectivity index (χ3v) is 6.80. The van der Waals surface area contributed by atoms with E-state index in [4.69, 9.17) is 19.8 Å². The van der Waals surface area contributed by atoms with Crippen LogP contribution in [0.1, 0.15) is 25.5 Å². The summed E-state index contributed by atoms with van der Waals surface area (Å²) in [5.74, 6) is -2.37. The zero-order chi connectivity index (χ0) is 27.6. The van der Waals surface area contributed by atoms with Gasteiger partial charge in [-0.2, -0.15) is 17.4 Å². The smallest absolute Gasteiger partial charge is 0.280 e. The number of carbonyl (C=O) groups is 1. The molecule has 1 aliphatic heterocycles. The maximum Gasteiger partial charge on any atom is 0.280 e. The van der Waals surface area contributed by atoms with Gasteiger partial charge in [-0.3, -0.25) is 4.79 Å². The monoisotopic (exact) mass is 489 g/mol. The van der Waals surface area contributed by atoms with Crippen LogP contribution in [0.4, 0.5) is 10.1 Å². The van der Waals surface area contributed by atoms with Crippen LogP contribution in [0.25, 0.3) is 10.6 Å². The molecular formula is C19H19ClFN5O3S2. The van der Waals surface area contributed by atoms with Gasteiger partial charge in [0, 0.05) is 36.3 Å². The van der Waals surface area contributed by atoms with E-state index in [1.165, 1.54) is 18.5 Å². The maximum atomic E-state index is 13.6. The fraction of sp³-hybridized carbons (Fsp3) is 0.263. The van der Waals surface area contributed by atoms with E-state index in [9.17, 15) is 17.6 Å². The van der Waals surface area contributed by atoms with Crippen molar-refractivity contribution in [2.45, 2.75) is 18.4 Å². The van der Waals surface area contributed by atoms with E-state index < -0.39 is 56.7 Å². The molecule has 1 aliphatic rings. The van der Waals surface area contributed by atoms with E-state index in [0.717, 1.165) is 29.5 Å². The molecule has 8 nitrogen and oxygen atoms in total. The Morgan fingerprint density at radius 1 is 1.48 bits per heavy atom. The van der Waals surface area contributed by atoms with Crippen molar-refractivity contribution in [3.63, 3.8) is 0 Å². The van der Waals surface area contributed by atoms with Gasteiger partial charge in [0.25, 0.3) is 10.2 Å². The van der Waals surface area contributed by atoms with Crippen LogP contribution in [-0.2, 0) is 22.1 Å². The van der Waals surface area contributed by atoms with Crippen molar-refractivity contribution in [3.05, 3.63) is 58.6 Å². The summed E-state index contributed by atoms with van der Waals surface area (Å²) in [6.07, 6.45) is 0.869. The largest absolute Gasteiger partial charge is 0.340 e. The number of amides is 1. The number of nitrogens with zero attached hydrogens (tertiary/aromatic N) is 3. The van der Waals surface area contributed by atoms with Crippen LogP contribution in [0.5, 0.6) is 0 Å². The number of aromatic nitrogens is 2. The molecule has 0 radical (unpaired) electrons. The first-order chi connectivity index (χ1) is 17.0. The minimum Gasteiger partial charge on any atom is -0.340 e. The second-order valence-corrected chi connectivity index (χ2v) is 9.50. The highest BCUT2D eigenvalue weighted by molar-refractivity contribution is 7.87. The Labute approximate surface area is 196 Å². The van der Waals surface area contributed by atoms with E-state index in [-0.39, 0.29) is 10.6 Å². The van der Waals surface area contributed by atoms with Crippen molar-refractivity contribution < 1.29 is 25.8 Å². The van der Waals surface area contributed by atoms with E-state index >= 15 is 0 Å². The number of likely N-dealkylation sites (N-methyl/N-ethyl adjacent to an activating group) is 1. The summed E-state index contributed by atoms with van der Waals surface area (Å²) in [7, 11) is -3.48. The maximum absolute atomic E-state index is 13.6. The lowest BCUT2D eigenvalue weighted by molar-refractivity contribution is -0.120. The Balaban J connectivity index is 1.82. The molecule has 1 amide bonds. The second-order valence-electron chi connectivity index (χ2n) is 6.49. The van der Waals surface area contributed by atoms with Crippen LogP contribution < -0.4 is 10.0 Å². The van der Waals surface area contributed by atoms with Gasteiger partial charge in [-0.15, -0.1) is 11.3 Å². The standard InChI is InChI=1S/C19H19ClFN5O3S2/c1-25-9-15(22-10-25)18-6-5-17(30-18)14-8-16(26(2)31(28,29)24-14)19(27)23-11-3-4-13(21)12(20)7-11/h3-7,9-10,14,16,24H,8H2,1-2H3,(H,23,27)/t14-,16+/m1/s1/i2D3,8D,14D,16D/t8?,14-,16+. The molecule has 2 aromatic heterocycles. The lowest BCUT2D eigenvalue weighted by Crippen LogP contribution is -2.55. The molecule has 2 N–H and O–H groups in total. The highest BCUT2D eigenvalue weighted by Gasteiger charge is 2.41. The average molecular weight is 490 g/mol. The van der Waals surface area contributed by atoms with Crippen molar-refractivity contribution in [2.75, 3.05) is 12.3 Å². The number of nitrogens with one attached hydrogen (secondary N) is 2. The molecule has 0 saturated carbocycles. The molecule has 3 aromatic rings. The summed E-state index contributed by atoms with van der Waals surface area (Å²) in [5, 5.41) is 1.74. The molecule has 1 unspecified atom stereocenters. The fourth-order valence-electron chi connectivity index (χ4n) is 2.75. The molecule has 1 fully saturated rings. The molecule has 4 rings (SSSR count). The number of halogens is 2. The summed E-state index contributed by atoms with van der Waals surface area (Å²) in [6, 6.07) is -0.212. The van der Waals surface area contributed by atoms with Crippen molar-refractivity contribution in [3.8, 4) is 10.6 Å². The van der Waals surface area contributed by atoms with Gasteiger partial charge in [-0.1, -0.05) is 11.6 Å². The zero-order valence-electron chi connectivity index (χ0n) is 21.8. The van der Waals surface area contributed by atoms with Gasteiger partial charge in [0.05, 0.1) is 30.7 Å². The Morgan fingerprint density at radius 3 is 2.97 bits per heavy atom. The number of anilines is 1. The van der Waals surface area contributed by atoms with E-state index in [2.05, 4.69) is 10.3 Å². The molecular weight excluding hydrogens is 465 g/mol. The van der Waals surface area contributed by atoms with Crippen LogP contribution in [0.15, 0.2) is 42.9 Å². The van der Waals surface area contributed by atoms with E-state index in [1.807, 2.05) is 4.72 Å². The Hall–Kier alpha value is -2.31. The summed E-state index contributed by atoms with van der Waals surface area (Å²) in [4.78, 5) is 18.0. The molecule has 1 aromatic carbocycles. The topological polar surface area (TPSA) is 96.3 Å². The SMILES string of the molecule is [2H]C1[C@]([2H])(c2ccc(-c3cn(C)cn3)s2)NS(=O)(=O)N(C([2H])([2H])[2H])[C@]1([2H])C(=O)Nc1ccc(F)c(Cl)c1. The molecule has 3 atom stereocenters. The third-order valence-electron chi connectivity index (χ3n) is 4.22. The normalized spacial score (nSPS) is 31.5. The minimum atomic E-state index is -5.22. The van der Waals surface area contributed by atoms with Crippen LogP contribution in [0.3, 0.4) is 0 Å². The van der Waals surface area contributed by atoms with Crippen LogP contribution in [0, 0.1) is 5.82 Å². The first-order valence-corrected chi connectivity index (χ1v) is 11.3. The molecule has 0 bridgehead atoms. The van der Waals surface area contributed by atoms with Crippen molar-refractivity contribution in [1.82, 2.24) is 18.6 Å². The Morgan fingerprint density at radius 2 is 2.29 bits per heavy atom. The summed E-state index contributed by atoms with van der Waals surface area (Å²) < 4.78 is 92.7. The Bertz CT molecular complexity index is 1480. The number of rotatable bonds is 4. The lowest BCUT2D eigenvalue weighted by Gasteiger charge is -2.35. The van der Waals surface area contributed by atoms with Gasteiger partial charge in [0.1, 0.15) is 11.8 Å². The molecule has 0 spiro atoms. The highest BCUT2D eigenvalue weighted by atomic mass is 35.5. The van der Waals surface area contributed by atoms with Crippen molar-refractivity contribution in [1.29, 1.82) is 0 Å². The number of benzene rings is 1. The van der Waals surface area contributed by atoms with Crippen molar-refractivity contribution >= 4 is 44.7 Å². The van der Waals surface area contributed by atoms with Gasteiger partial charge >= 0.3 is 0 Å². The second kappa shape index (κ2) is 8.32. The van der Waals surface area contributed by atoms with E-state index in [0.29, 0.717) is 10.6 Å². The molecule has 1 saturated heterocycles. The molecule has 0 aliphatic carbocycles. The van der Waals surface area contributed by atoms with Crippen LogP contribution in [-0.4, -0.2) is 41.2 Å². The Kier molecular flexibility index (Phi) is 4.16. The van der Waals surface area contributed by atoms with Crippen molar-refractivity contribution in [2.24, 2.45) is 7.05 Å². The molecule has 3 heterocycles. The van der Waals surface area contributed by atoms with Crippen LogP contribution >= 0.6 is 22.9 Å². The fourth-order valence-corrected chi connectivity index (χ4v) is 4.86. The molecule has 31 heavy (non-hydrogen) atoms. The molecule has 164 valence electrons. The van der Waals surface area contributed by atoms with E-state index in [1.54, 1.807) is 17.8 Å². The zero-order valence-corrected chi connectivity index (χ0v) is 18.1. The molecule has 12 heteroatoms. The summed E-state index contributed by atoms with van der Waals surface area (Å²) in [6.45, 7) is -3.58. The predicted octanol–water partition coefficient (Wildman–Crippen LogP) is 3.16. The van der Waals surface area contributed by atoms with Gasteiger partial charge in [0.15, 0.2) is 0 Å². The number of thiophene rings is 1. The number of aryl methyl sites for hydroxylation is 1. The van der Waals surface area contributed by atoms with Gasteiger partial charge < -0.3 is 9.88 Å². The number of hydrogen-bond acceptors (Lipinski definition) is 5. The summed E-state index contributed by atoms with van der Waals surface area (Å²) in [5.41, 5.74) is 0.315. The summed E-state index contributed by atoms with van der Waals surface area (Å²) >= 11 is 6.62. The third kappa shape index (κ3) is 4.51. The number of hydrogen-bond donors (Lipinski definition) is 2. The average Bonchev–Trinajstić information content (AvgIpc) is 3.42. The lowest BCUT2D eigenvalue weighted by atomic mass is 10.1. The first kappa shape index (κ1) is 15.5. The minimum absolute atomic E-state index is 0.0730. The van der Waals surface area contributed by atoms with Gasteiger partial charge in [-0.25, -0.2) is 9.37 Å². The number of imidazole rings is 1. The first-order valence-electron chi connectivity index (χ1n) is 11.7. The van der Waals surface area contributed by atoms with Crippen LogP contribution in [0.2, 0.25) is 5.02 Å². The highest BCUT2D eigenvalue weighted by Crippen LogP contribution is 2.35. The number of carbonyl (C=O) groups excluding carboxylic acids is 1. The van der Waals surface area contributed by atoms with Gasteiger partial charge in [-0.05, 0) is 36.7 Å². The van der Waals surface area contributed by atoms with Gasteiger partial charge in [0.2, 0.25) is 5.91 Å². The quantitative estimate of drug-likeness (QED) is 0.588.